The van der Waals surface area contributed by atoms with E-state index in [4.69, 9.17) is 9.26 Å². The number of hydrogen-bond donors (Lipinski definition) is 1. The molecule has 0 spiro atoms. The fourth-order valence-electron chi connectivity index (χ4n) is 1.59. The van der Waals surface area contributed by atoms with Crippen LogP contribution in [0.1, 0.15) is 17.4 Å². The van der Waals surface area contributed by atoms with Crippen molar-refractivity contribution in [3.05, 3.63) is 60.4 Å². The van der Waals surface area contributed by atoms with Crippen molar-refractivity contribution in [2.45, 2.75) is 12.6 Å². The van der Waals surface area contributed by atoms with Crippen molar-refractivity contribution in [1.82, 2.24) is 10.5 Å². The zero-order valence-electron chi connectivity index (χ0n) is 10.3. The first-order valence-corrected chi connectivity index (χ1v) is 5.76. The fourth-order valence-corrected chi connectivity index (χ4v) is 1.59. The number of hydrogen-bond acceptors (Lipinski definition) is 4. The summed E-state index contributed by atoms with van der Waals surface area (Å²) in [5.74, 6) is 1.17. The Balaban J connectivity index is 1.97. The van der Waals surface area contributed by atoms with E-state index in [1.165, 1.54) is 0 Å². The third-order valence-corrected chi connectivity index (χ3v) is 2.59. The fraction of sp³-hybridized carbons (Fsp3) is 0.214. The molecule has 4 nitrogen and oxygen atoms in total. The minimum Gasteiger partial charge on any atom is -0.471 e. The molecule has 0 fully saturated rings. The highest BCUT2D eigenvalue weighted by Gasteiger charge is 2.12. The molecule has 1 aromatic heterocycles. The van der Waals surface area contributed by atoms with E-state index < -0.39 is 0 Å². The molecule has 0 aliphatic heterocycles. The van der Waals surface area contributed by atoms with Crippen molar-refractivity contribution in [3.8, 4) is 5.88 Å². The van der Waals surface area contributed by atoms with Gasteiger partial charge in [0.1, 0.15) is 6.61 Å². The van der Waals surface area contributed by atoms with Crippen LogP contribution in [-0.2, 0) is 6.61 Å². The lowest BCUT2D eigenvalue weighted by molar-refractivity contribution is 0.264. The Kier molecular flexibility index (Phi) is 4.15. The zero-order chi connectivity index (χ0) is 12.8. The van der Waals surface area contributed by atoms with Gasteiger partial charge in [0.25, 0.3) is 5.88 Å². The maximum Gasteiger partial charge on any atom is 0.254 e. The highest BCUT2D eigenvalue weighted by Crippen LogP contribution is 2.19. The SMILES string of the molecule is C=C[C@H](NC)c1cc(OCc2ccccc2)no1. The average Bonchev–Trinajstić information content (AvgIpc) is 2.88. The summed E-state index contributed by atoms with van der Waals surface area (Å²) in [7, 11) is 1.83. The van der Waals surface area contributed by atoms with Gasteiger partial charge < -0.3 is 14.6 Å². The Bertz CT molecular complexity index is 494. The monoisotopic (exact) mass is 244 g/mol. The molecule has 94 valence electrons. The van der Waals surface area contributed by atoms with Crippen LogP contribution in [-0.4, -0.2) is 12.2 Å². The van der Waals surface area contributed by atoms with Gasteiger partial charge >= 0.3 is 0 Å². The third-order valence-electron chi connectivity index (χ3n) is 2.59. The van der Waals surface area contributed by atoms with Gasteiger partial charge in [0.2, 0.25) is 0 Å². The molecule has 0 aliphatic carbocycles. The van der Waals surface area contributed by atoms with Gasteiger partial charge in [0.15, 0.2) is 5.76 Å². The summed E-state index contributed by atoms with van der Waals surface area (Å²) in [5, 5.41) is 6.91. The largest absolute Gasteiger partial charge is 0.471 e. The number of nitrogens with one attached hydrogen (secondary N) is 1. The van der Waals surface area contributed by atoms with E-state index in [1.54, 1.807) is 12.1 Å². The van der Waals surface area contributed by atoms with Crippen LogP contribution in [0, 0.1) is 0 Å². The molecular formula is C14H16N2O2. The maximum atomic E-state index is 5.54. The second kappa shape index (κ2) is 6.02. The smallest absolute Gasteiger partial charge is 0.254 e. The lowest BCUT2D eigenvalue weighted by Gasteiger charge is -2.04. The van der Waals surface area contributed by atoms with Gasteiger partial charge in [-0.2, -0.15) is 0 Å². The lowest BCUT2D eigenvalue weighted by Crippen LogP contribution is -2.12. The van der Waals surface area contributed by atoms with Crippen molar-refractivity contribution in [2.24, 2.45) is 0 Å². The minimum absolute atomic E-state index is 0.0495. The second-order valence-corrected chi connectivity index (χ2v) is 3.84. The highest BCUT2D eigenvalue weighted by atomic mass is 16.5. The van der Waals surface area contributed by atoms with Crippen LogP contribution in [0.3, 0.4) is 0 Å². The minimum atomic E-state index is -0.0495. The van der Waals surface area contributed by atoms with E-state index in [9.17, 15) is 0 Å². The van der Waals surface area contributed by atoms with E-state index in [0.717, 1.165) is 5.56 Å². The summed E-state index contributed by atoms with van der Waals surface area (Å²) in [4.78, 5) is 0. The Morgan fingerprint density at radius 3 is 2.89 bits per heavy atom. The quantitative estimate of drug-likeness (QED) is 0.794. The van der Waals surface area contributed by atoms with Crippen LogP contribution in [0.5, 0.6) is 5.88 Å². The van der Waals surface area contributed by atoms with Crippen molar-refractivity contribution in [2.75, 3.05) is 7.05 Å². The molecule has 0 aliphatic rings. The van der Waals surface area contributed by atoms with E-state index in [0.29, 0.717) is 18.2 Å². The predicted octanol–water partition coefficient (Wildman–Crippen LogP) is 2.70. The molecular weight excluding hydrogens is 228 g/mol. The van der Waals surface area contributed by atoms with Crippen molar-refractivity contribution < 1.29 is 9.26 Å². The lowest BCUT2D eigenvalue weighted by atomic mass is 10.2. The van der Waals surface area contributed by atoms with Gasteiger partial charge in [0, 0.05) is 6.07 Å². The Morgan fingerprint density at radius 2 is 2.22 bits per heavy atom. The molecule has 18 heavy (non-hydrogen) atoms. The molecule has 0 saturated carbocycles. The van der Waals surface area contributed by atoms with Crippen LogP contribution in [0.15, 0.2) is 53.6 Å². The van der Waals surface area contributed by atoms with Crippen LogP contribution in [0.4, 0.5) is 0 Å². The van der Waals surface area contributed by atoms with Crippen LogP contribution >= 0.6 is 0 Å². The third kappa shape index (κ3) is 2.99. The van der Waals surface area contributed by atoms with Gasteiger partial charge in [-0.1, -0.05) is 36.4 Å². The number of nitrogens with zero attached hydrogens (tertiary/aromatic N) is 1. The Hall–Kier alpha value is -2.07. The van der Waals surface area contributed by atoms with E-state index in [1.807, 2.05) is 37.4 Å². The van der Waals surface area contributed by atoms with Crippen molar-refractivity contribution >= 4 is 0 Å². The summed E-state index contributed by atoms with van der Waals surface area (Å²) in [6, 6.07) is 11.6. The summed E-state index contributed by atoms with van der Waals surface area (Å²) in [6.45, 7) is 4.20. The zero-order valence-corrected chi connectivity index (χ0v) is 10.3. The molecule has 0 amide bonds. The first-order chi connectivity index (χ1) is 8.83. The van der Waals surface area contributed by atoms with Gasteiger partial charge in [-0.15, -0.1) is 6.58 Å². The molecule has 0 unspecified atom stereocenters. The Morgan fingerprint density at radius 1 is 1.44 bits per heavy atom. The molecule has 1 heterocycles. The molecule has 1 N–H and O–H groups in total. The highest BCUT2D eigenvalue weighted by molar-refractivity contribution is 5.19. The number of ether oxygens (including phenoxy) is 1. The average molecular weight is 244 g/mol. The van der Waals surface area contributed by atoms with Gasteiger partial charge in [-0.05, 0) is 17.8 Å². The molecule has 0 saturated heterocycles. The standard InChI is InChI=1S/C14H16N2O2/c1-3-12(15-2)13-9-14(16-18-13)17-10-11-7-5-4-6-8-11/h3-9,12,15H,1,10H2,2H3/t12-/m0/s1. The van der Waals surface area contributed by atoms with Crippen molar-refractivity contribution in [3.63, 3.8) is 0 Å². The summed E-state index contributed by atoms with van der Waals surface area (Å²) >= 11 is 0. The summed E-state index contributed by atoms with van der Waals surface area (Å²) < 4.78 is 10.7. The van der Waals surface area contributed by atoms with Gasteiger partial charge in [-0.25, -0.2) is 0 Å². The van der Waals surface area contributed by atoms with Crippen LogP contribution < -0.4 is 10.1 Å². The first kappa shape index (κ1) is 12.4. The van der Waals surface area contributed by atoms with E-state index in [2.05, 4.69) is 17.1 Å². The van der Waals surface area contributed by atoms with E-state index in [-0.39, 0.29) is 6.04 Å². The van der Waals surface area contributed by atoms with Gasteiger partial charge in [-0.3, -0.25) is 0 Å². The first-order valence-electron chi connectivity index (χ1n) is 5.76. The van der Waals surface area contributed by atoms with E-state index >= 15 is 0 Å². The molecule has 4 heteroatoms. The normalized spacial score (nSPS) is 12.1. The summed E-state index contributed by atoms with van der Waals surface area (Å²) in [6.07, 6.45) is 1.75. The number of aromatic nitrogens is 1. The van der Waals surface area contributed by atoms with Crippen molar-refractivity contribution in [1.29, 1.82) is 0 Å². The van der Waals surface area contributed by atoms with Gasteiger partial charge in [0.05, 0.1) is 6.04 Å². The van der Waals surface area contributed by atoms with Crippen LogP contribution in [0.25, 0.3) is 0 Å². The molecule has 0 bridgehead atoms. The summed E-state index contributed by atoms with van der Waals surface area (Å²) in [5.41, 5.74) is 1.09. The molecule has 1 aromatic carbocycles. The molecule has 0 radical (unpaired) electrons. The molecule has 2 aromatic rings. The number of benzene rings is 1. The number of rotatable bonds is 6. The van der Waals surface area contributed by atoms with Crippen LogP contribution in [0.2, 0.25) is 0 Å². The topological polar surface area (TPSA) is 47.3 Å². The predicted molar refractivity (Wildman–Crippen MR) is 69.3 cm³/mol. The Labute approximate surface area is 106 Å². The molecule has 1 atom stereocenters. The maximum absolute atomic E-state index is 5.54. The molecule has 2 rings (SSSR count). The second-order valence-electron chi connectivity index (χ2n) is 3.84. The number of likely N-dealkylation sites (N-methyl/N-ethyl adjacent to an activating group) is 1.